The smallest absolute Gasteiger partial charge is 0.279 e. The van der Waals surface area contributed by atoms with E-state index in [1.54, 1.807) is 4.31 Å². The van der Waals surface area contributed by atoms with Crippen LogP contribution in [-0.2, 0) is 15.6 Å². The Labute approximate surface area is 162 Å². The standard InChI is InChI=1S/C20H30N2O4S/c1-16-5-4-10-22(14-16)27(23,24)21-15-20(8-2-3-9-20)17-6-7-18-19(13-17)26-12-11-25-18/h6-7,13,16,21H,2-5,8-12,14-15H2,1H3/t16-/m1/s1. The van der Waals surface area contributed by atoms with E-state index in [9.17, 15) is 8.42 Å². The van der Waals surface area contributed by atoms with Crippen LogP contribution in [0.5, 0.6) is 11.5 Å². The summed E-state index contributed by atoms with van der Waals surface area (Å²) < 4.78 is 41.7. The molecule has 1 atom stereocenters. The summed E-state index contributed by atoms with van der Waals surface area (Å²) in [6.07, 6.45) is 6.27. The lowest BCUT2D eigenvalue weighted by Gasteiger charge is -2.34. The van der Waals surface area contributed by atoms with Gasteiger partial charge in [-0.2, -0.15) is 12.7 Å². The van der Waals surface area contributed by atoms with Crippen LogP contribution in [0.1, 0.15) is 51.0 Å². The van der Waals surface area contributed by atoms with E-state index in [1.165, 1.54) is 0 Å². The van der Waals surface area contributed by atoms with Crippen molar-refractivity contribution in [3.05, 3.63) is 23.8 Å². The number of hydrogen-bond donors (Lipinski definition) is 1. The molecular weight excluding hydrogens is 364 g/mol. The summed E-state index contributed by atoms with van der Waals surface area (Å²) in [4.78, 5) is 0. The number of fused-ring (bicyclic) bond motifs is 1. The van der Waals surface area contributed by atoms with E-state index in [2.05, 4.69) is 23.8 Å². The highest BCUT2D eigenvalue weighted by atomic mass is 32.2. The van der Waals surface area contributed by atoms with Crippen molar-refractivity contribution in [3.8, 4) is 11.5 Å². The molecule has 6 nitrogen and oxygen atoms in total. The third-order valence-corrected chi connectivity index (χ3v) is 7.79. The van der Waals surface area contributed by atoms with Gasteiger partial charge in [-0.15, -0.1) is 0 Å². The maximum Gasteiger partial charge on any atom is 0.279 e. The van der Waals surface area contributed by atoms with Crippen LogP contribution in [0.2, 0.25) is 0 Å². The molecule has 1 saturated heterocycles. The summed E-state index contributed by atoms with van der Waals surface area (Å²) in [6, 6.07) is 6.10. The van der Waals surface area contributed by atoms with Crippen molar-refractivity contribution in [1.82, 2.24) is 9.03 Å². The average Bonchev–Trinajstić information content (AvgIpc) is 3.16. The van der Waals surface area contributed by atoms with Crippen LogP contribution < -0.4 is 14.2 Å². The van der Waals surface area contributed by atoms with Gasteiger partial charge in [0.25, 0.3) is 10.2 Å². The van der Waals surface area contributed by atoms with Gasteiger partial charge in [-0.05, 0) is 49.3 Å². The Morgan fingerprint density at radius 1 is 1.15 bits per heavy atom. The van der Waals surface area contributed by atoms with Crippen molar-refractivity contribution in [2.45, 2.75) is 50.9 Å². The van der Waals surface area contributed by atoms with Crippen molar-refractivity contribution < 1.29 is 17.9 Å². The molecule has 0 bridgehead atoms. The molecule has 1 saturated carbocycles. The molecule has 1 N–H and O–H groups in total. The first-order chi connectivity index (χ1) is 13.0. The number of rotatable bonds is 5. The van der Waals surface area contributed by atoms with E-state index >= 15 is 0 Å². The van der Waals surface area contributed by atoms with Crippen molar-refractivity contribution >= 4 is 10.2 Å². The minimum Gasteiger partial charge on any atom is -0.486 e. The zero-order valence-electron chi connectivity index (χ0n) is 16.1. The summed E-state index contributed by atoms with van der Waals surface area (Å²) in [7, 11) is -3.44. The Kier molecular flexibility index (Phi) is 5.36. The van der Waals surface area contributed by atoms with Crippen LogP contribution in [0.3, 0.4) is 0 Å². The van der Waals surface area contributed by atoms with Gasteiger partial charge in [0.2, 0.25) is 0 Å². The predicted octanol–water partition coefficient (Wildman–Crippen LogP) is 2.84. The fourth-order valence-corrected chi connectivity index (χ4v) is 6.14. The Bertz CT molecular complexity index is 774. The highest BCUT2D eigenvalue weighted by Gasteiger charge is 2.38. The number of benzene rings is 1. The van der Waals surface area contributed by atoms with E-state index in [0.29, 0.717) is 38.8 Å². The third-order valence-electron chi connectivity index (χ3n) is 6.27. The van der Waals surface area contributed by atoms with Crippen molar-refractivity contribution in [2.75, 3.05) is 32.8 Å². The second-order valence-corrected chi connectivity index (χ2v) is 10.0. The van der Waals surface area contributed by atoms with Crippen LogP contribution in [0.25, 0.3) is 0 Å². The Balaban J connectivity index is 1.52. The number of piperidine rings is 1. The van der Waals surface area contributed by atoms with Gasteiger partial charge in [-0.3, -0.25) is 0 Å². The summed E-state index contributed by atoms with van der Waals surface area (Å²) in [6.45, 7) is 4.94. The summed E-state index contributed by atoms with van der Waals surface area (Å²) >= 11 is 0. The van der Waals surface area contributed by atoms with E-state index in [4.69, 9.17) is 9.47 Å². The molecule has 1 aromatic rings. The number of nitrogens with one attached hydrogen (secondary N) is 1. The van der Waals surface area contributed by atoms with Gasteiger partial charge in [-0.1, -0.05) is 25.8 Å². The fraction of sp³-hybridized carbons (Fsp3) is 0.700. The first-order valence-electron chi connectivity index (χ1n) is 10.1. The first kappa shape index (κ1) is 19.0. The van der Waals surface area contributed by atoms with Gasteiger partial charge in [0.15, 0.2) is 11.5 Å². The predicted molar refractivity (Wildman–Crippen MR) is 104 cm³/mol. The van der Waals surface area contributed by atoms with Crippen LogP contribution >= 0.6 is 0 Å². The molecule has 1 aromatic carbocycles. The minimum absolute atomic E-state index is 0.162. The largest absolute Gasteiger partial charge is 0.486 e. The Morgan fingerprint density at radius 3 is 2.63 bits per heavy atom. The topological polar surface area (TPSA) is 67.9 Å². The van der Waals surface area contributed by atoms with Gasteiger partial charge in [0.05, 0.1) is 0 Å². The van der Waals surface area contributed by atoms with Gasteiger partial charge in [0.1, 0.15) is 13.2 Å². The number of hydrogen-bond acceptors (Lipinski definition) is 4. The third kappa shape index (κ3) is 3.96. The van der Waals surface area contributed by atoms with Gasteiger partial charge in [-0.25, -0.2) is 4.72 Å². The maximum atomic E-state index is 12.9. The highest BCUT2D eigenvalue weighted by molar-refractivity contribution is 7.87. The number of ether oxygens (including phenoxy) is 2. The maximum absolute atomic E-state index is 12.9. The van der Waals surface area contributed by atoms with Crippen LogP contribution in [0.4, 0.5) is 0 Å². The van der Waals surface area contributed by atoms with E-state index in [0.717, 1.165) is 55.6 Å². The molecule has 2 aliphatic heterocycles. The molecule has 0 amide bonds. The molecule has 7 heteroatoms. The fourth-order valence-electron chi connectivity index (χ4n) is 4.68. The summed E-state index contributed by atoms with van der Waals surface area (Å²) in [5.74, 6) is 1.98. The van der Waals surface area contributed by atoms with Crippen molar-refractivity contribution in [2.24, 2.45) is 5.92 Å². The number of nitrogens with zero attached hydrogens (tertiary/aromatic N) is 1. The molecule has 27 heavy (non-hydrogen) atoms. The molecule has 0 unspecified atom stereocenters. The molecule has 2 fully saturated rings. The molecule has 150 valence electrons. The van der Waals surface area contributed by atoms with Gasteiger partial charge >= 0.3 is 0 Å². The molecule has 1 aliphatic carbocycles. The molecule has 4 rings (SSSR count). The summed E-state index contributed by atoms with van der Waals surface area (Å²) in [5.41, 5.74) is 0.989. The first-order valence-corrected chi connectivity index (χ1v) is 11.6. The second-order valence-electron chi connectivity index (χ2n) is 8.28. The Morgan fingerprint density at radius 2 is 1.89 bits per heavy atom. The highest BCUT2D eigenvalue weighted by Crippen LogP contribution is 2.44. The second kappa shape index (κ2) is 7.60. The monoisotopic (exact) mass is 394 g/mol. The quantitative estimate of drug-likeness (QED) is 0.834. The SMILES string of the molecule is C[C@@H]1CCCN(S(=O)(=O)NCC2(c3ccc4c(c3)OCCO4)CCCC2)C1. The van der Waals surface area contributed by atoms with Crippen LogP contribution in [-0.4, -0.2) is 45.6 Å². The van der Waals surface area contributed by atoms with Crippen LogP contribution in [0.15, 0.2) is 18.2 Å². The van der Waals surface area contributed by atoms with E-state index < -0.39 is 10.2 Å². The van der Waals surface area contributed by atoms with Gasteiger partial charge in [0, 0.05) is 25.0 Å². The lowest BCUT2D eigenvalue weighted by Crippen LogP contribution is -2.49. The lowest BCUT2D eigenvalue weighted by molar-refractivity contribution is 0.171. The molecule has 0 spiro atoms. The molecule has 3 aliphatic rings. The zero-order chi connectivity index (χ0) is 18.9. The normalized spacial score (nSPS) is 25.4. The Hall–Kier alpha value is -1.31. The average molecular weight is 395 g/mol. The molecule has 2 heterocycles. The van der Waals surface area contributed by atoms with E-state index in [1.807, 2.05) is 6.07 Å². The van der Waals surface area contributed by atoms with Crippen molar-refractivity contribution in [1.29, 1.82) is 0 Å². The van der Waals surface area contributed by atoms with Crippen molar-refractivity contribution in [3.63, 3.8) is 0 Å². The van der Waals surface area contributed by atoms with Crippen LogP contribution in [0, 0.1) is 5.92 Å². The zero-order valence-corrected chi connectivity index (χ0v) is 16.9. The lowest BCUT2D eigenvalue weighted by atomic mass is 9.79. The molecular formula is C20H30N2O4S. The molecule has 0 aromatic heterocycles. The van der Waals surface area contributed by atoms with E-state index in [-0.39, 0.29) is 5.41 Å². The minimum atomic E-state index is -3.44. The molecule has 0 radical (unpaired) electrons. The van der Waals surface area contributed by atoms with Gasteiger partial charge < -0.3 is 9.47 Å². The summed E-state index contributed by atoms with van der Waals surface area (Å²) in [5, 5.41) is 0.